The molecule has 4 nitrogen and oxygen atoms in total. The Hall–Kier alpha value is -2.07. The number of ether oxygens (including phenoxy) is 1. The molecule has 0 bridgehead atoms. The van der Waals surface area contributed by atoms with Crippen LogP contribution in [0.3, 0.4) is 0 Å². The number of aromatic amines is 1. The van der Waals surface area contributed by atoms with Crippen molar-refractivity contribution >= 4 is 23.4 Å². The van der Waals surface area contributed by atoms with Crippen molar-refractivity contribution in [3.05, 3.63) is 57.4 Å². The molecule has 0 amide bonds. The number of hydrogen-bond donors (Lipinski definition) is 1. The highest BCUT2D eigenvalue weighted by molar-refractivity contribution is 6.31. The molecule has 0 saturated carbocycles. The van der Waals surface area contributed by atoms with Crippen LogP contribution < -0.4 is 0 Å². The van der Waals surface area contributed by atoms with Gasteiger partial charge in [-0.05, 0) is 42.9 Å². The van der Waals surface area contributed by atoms with Gasteiger partial charge in [-0.2, -0.15) is 0 Å². The molecule has 0 saturated heterocycles. The van der Waals surface area contributed by atoms with Gasteiger partial charge in [0.2, 0.25) is 0 Å². The second-order valence-electron chi connectivity index (χ2n) is 6.52. The van der Waals surface area contributed by atoms with Crippen LogP contribution in [0.5, 0.6) is 0 Å². The van der Waals surface area contributed by atoms with Crippen molar-refractivity contribution in [3.8, 4) is 0 Å². The molecule has 1 heterocycles. The van der Waals surface area contributed by atoms with Gasteiger partial charge in [0.25, 0.3) is 0 Å². The number of unbranched alkanes of at least 4 members (excludes halogenated alkanes) is 1. The second kappa shape index (κ2) is 7.44. The molecule has 1 aromatic carbocycles. The van der Waals surface area contributed by atoms with Crippen molar-refractivity contribution in [2.45, 2.75) is 45.4 Å². The lowest BCUT2D eigenvalue weighted by atomic mass is 9.81. The zero-order valence-electron chi connectivity index (χ0n) is 14.5. The summed E-state index contributed by atoms with van der Waals surface area (Å²) in [5.41, 5.74) is 3.52. The molecule has 25 heavy (non-hydrogen) atoms. The molecule has 1 atom stereocenters. The normalized spacial score (nSPS) is 16.6. The van der Waals surface area contributed by atoms with E-state index < -0.39 is 0 Å². The minimum Gasteiger partial charge on any atom is -0.461 e. The molecule has 1 aliphatic carbocycles. The van der Waals surface area contributed by atoms with E-state index in [4.69, 9.17) is 16.3 Å². The average molecular weight is 360 g/mol. The maximum absolute atomic E-state index is 12.7. The Morgan fingerprint density at radius 2 is 2.08 bits per heavy atom. The predicted octanol–water partition coefficient (Wildman–Crippen LogP) is 4.85. The number of fused-ring (bicyclic) bond motifs is 1. The van der Waals surface area contributed by atoms with E-state index in [0.717, 1.165) is 24.1 Å². The van der Waals surface area contributed by atoms with E-state index in [1.54, 1.807) is 6.92 Å². The minimum atomic E-state index is -0.387. The second-order valence-corrected chi connectivity index (χ2v) is 6.93. The highest BCUT2D eigenvalue weighted by atomic mass is 35.5. The maximum Gasteiger partial charge on any atom is 0.355 e. The summed E-state index contributed by atoms with van der Waals surface area (Å²) in [6, 6.07) is 7.61. The number of aromatic nitrogens is 1. The van der Waals surface area contributed by atoms with E-state index in [-0.39, 0.29) is 17.7 Å². The van der Waals surface area contributed by atoms with Crippen LogP contribution in [0.2, 0.25) is 5.02 Å². The summed E-state index contributed by atoms with van der Waals surface area (Å²) < 4.78 is 5.29. The van der Waals surface area contributed by atoms with Crippen LogP contribution in [0, 0.1) is 6.92 Å². The van der Waals surface area contributed by atoms with Gasteiger partial charge < -0.3 is 9.72 Å². The largest absolute Gasteiger partial charge is 0.461 e. The van der Waals surface area contributed by atoms with Crippen molar-refractivity contribution < 1.29 is 14.3 Å². The number of carbonyl (C=O) groups is 2. The van der Waals surface area contributed by atoms with Gasteiger partial charge in [0.15, 0.2) is 5.78 Å². The van der Waals surface area contributed by atoms with Crippen molar-refractivity contribution in [2.24, 2.45) is 0 Å². The van der Waals surface area contributed by atoms with Crippen LogP contribution in [0.1, 0.15) is 69.8 Å². The van der Waals surface area contributed by atoms with Crippen LogP contribution in [0.15, 0.2) is 24.3 Å². The quantitative estimate of drug-likeness (QED) is 0.613. The fraction of sp³-hybridized carbons (Fsp3) is 0.400. The number of halogens is 1. The fourth-order valence-corrected chi connectivity index (χ4v) is 3.74. The van der Waals surface area contributed by atoms with Crippen LogP contribution in [-0.2, 0) is 11.2 Å². The highest BCUT2D eigenvalue weighted by Crippen LogP contribution is 2.37. The maximum atomic E-state index is 12.7. The van der Waals surface area contributed by atoms with Gasteiger partial charge in [-0.1, -0.05) is 43.1 Å². The smallest absolute Gasteiger partial charge is 0.355 e. The van der Waals surface area contributed by atoms with E-state index >= 15 is 0 Å². The molecule has 1 aliphatic rings. The summed E-state index contributed by atoms with van der Waals surface area (Å²) in [6.07, 6.45) is 2.86. The van der Waals surface area contributed by atoms with E-state index in [1.807, 2.05) is 31.2 Å². The average Bonchev–Trinajstić information content (AvgIpc) is 2.92. The lowest BCUT2D eigenvalue weighted by Gasteiger charge is -2.22. The van der Waals surface area contributed by atoms with Gasteiger partial charge >= 0.3 is 5.97 Å². The molecule has 0 radical (unpaired) electrons. The SMILES string of the molecule is CCCCOC(=O)c1[nH]c2c(c1C)C(=O)CC(c1ccccc1Cl)C2. The Morgan fingerprint density at radius 1 is 1.32 bits per heavy atom. The Bertz CT molecular complexity index is 809. The van der Waals surface area contributed by atoms with Gasteiger partial charge in [-0.15, -0.1) is 0 Å². The lowest BCUT2D eigenvalue weighted by molar-refractivity contribution is 0.0492. The monoisotopic (exact) mass is 359 g/mol. The van der Waals surface area contributed by atoms with Crippen molar-refractivity contribution in [3.63, 3.8) is 0 Å². The molecule has 0 spiro atoms. The van der Waals surface area contributed by atoms with Crippen molar-refractivity contribution in [2.75, 3.05) is 6.61 Å². The molecule has 1 unspecified atom stereocenters. The van der Waals surface area contributed by atoms with E-state index in [9.17, 15) is 9.59 Å². The zero-order valence-corrected chi connectivity index (χ0v) is 15.3. The Balaban J connectivity index is 1.87. The molecule has 3 rings (SSSR count). The molecule has 0 fully saturated rings. The molecule has 0 aliphatic heterocycles. The standard InChI is InChI=1S/C20H22ClNO3/c1-3-4-9-25-20(24)19-12(2)18-16(22-19)10-13(11-17(18)23)14-7-5-6-8-15(14)21/h5-8,13,22H,3-4,9-11H2,1-2H3. The summed E-state index contributed by atoms with van der Waals surface area (Å²) >= 11 is 6.29. The number of H-pyrrole nitrogens is 1. The summed E-state index contributed by atoms with van der Waals surface area (Å²) in [5, 5.41) is 0.672. The molecule has 132 valence electrons. The highest BCUT2D eigenvalue weighted by Gasteiger charge is 2.32. The third-order valence-electron chi connectivity index (χ3n) is 4.77. The third-order valence-corrected chi connectivity index (χ3v) is 5.11. The predicted molar refractivity (Wildman–Crippen MR) is 97.6 cm³/mol. The minimum absolute atomic E-state index is 0.0238. The summed E-state index contributed by atoms with van der Waals surface area (Å²) in [7, 11) is 0. The Morgan fingerprint density at radius 3 is 2.80 bits per heavy atom. The van der Waals surface area contributed by atoms with Crippen molar-refractivity contribution in [1.82, 2.24) is 4.98 Å². The first-order valence-electron chi connectivity index (χ1n) is 8.69. The summed E-state index contributed by atoms with van der Waals surface area (Å²) in [4.78, 5) is 28.1. The number of Topliss-reactive ketones (excluding diaryl/α,β-unsaturated/α-hetero) is 1. The van der Waals surface area contributed by atoms with Gasteiger partial charge in [0, 0.05) is 22.7 Å². The van der Waals surface area contributed by atoms with Crippen LogP contribution in [0.25, 0.3) is 0 Å². The van der Waals surface area contributed by atoms with Crippen LogP contribution >= 0.6 is 11.6 Å². The molecule has 2 aromatic rings. The van der Waals surface area contributed by atoms with E-state index in [2.05, 4.69) is 4.98 Å². The number of nitrogens with one attached hydrogen (secondary N) is 1. The van der Waals surface area contributed by atoms with Gasteiger partial charge in [-0.3, -0.25) is 4.79 Å². The molecular weight excluding hydrogens is 338 g/mol. The first-order valence-corrected chi connectivity index (χ1v) is 9.06. The van der Waals surface area contributed by atoms with Gasteiger partial charge in [0.05, 0.1) is 6.61 Å². The van der Waals surface area contributed by atoms with Gasteiger partial charge in [0.1, 0.15) is 5.69 Å². The first-order chi connectivity index (χ1) is 12.0. The van der Waals surface area contributed by atoms with Crippen LogP contribution in [-0.4, -0.2) is 23.3 Å². The number of rotatable bonds is 5. The topological polar surface area (TPSA) is 59.2 Å². The number of carbonyl (C=O) groups excluding carboxylic acids is 2. The number of ketones is 1. The Labute approximate surface area is 152 Å². The van der Waals surface area contributed by atoms with Crippen LogP contribution in [0.4, 0.5) is 0 Å². The van der Waals surface area contributed by atoms with Gasteiger partial charge in [-0.25, -0.2) is 4.79 Å². The van der Waals surface area contributed by atoms with E-state index in [0.29, 0.717) is 41.3 Å². The Kier molecular flexibility index (Phi) is 5.28. The fourth-order valence-electron chi connectivity index (χ4n) is 3.45. The number of hydrogen-bond acceptors (Lipinski definition) is 3. The zero-order chi connectivity index (χ0) is 18.0. The molecule has 5 heteroatoms. The summed E-state index contributed by atoms with van der Waals surface area (Å²) in [6.45, 7) is 4.24. The van der Waals surface area contributed by atoms with E-state index in [1.165, 1.54) is 0 Å². The molecule has 1 N–H and O–H groups in total. The first kappa shape index (κ1) is 17.7. The lowest BCUT2D eigenvalue weighted by Crippen LogP contribution is -2.18. The van der Waals surface area contributed by atoms with Crippen molar-refractivity contribution in [1.29, 1.82) is 0 Å². The number of esters is 1. The molecule has 1 aromatic heterocycles. The third kappa shape index (κ3) is 3.49. The number of benzene rings is 1. The molecular formula is C20H22ClNO3. The summed E-state index contributed by atoms with van der Waals surface area (Å²) in [5.74, 6) is -0.314.